The van der Waals surface area contributed by atoms with Crippen molar-refractivity contribution in [3.8, 4) is 0 Å². The van der Waals surface area contributed by atoms with Crippen molar-refractivity contribution < 1.29 is 4.79 Å². The minimum Gasteiger partial charge on any atom is -0.369 e. The Labute approximate surface area is 170 Å². The number of carbonyl (C=O) groups excluding carboxylic acids is 1. The first-order valence-electron chi connectivity index (χ1n) is 8.88. The summed E-state index contributed by atoms with van der Waals surface area (Å²) in [5.41, 5.74) is 7.02. The summed E-state index contributed by atoms with van der Waals surface area (Å²) in [4.78, 5) is 18.9. The number of nitrogens with two attached hydrogens (primary N) is 1. The summed E-state index contributed by atoms with van der Waals surface area (Å²) in [5.74, 6) is 0.210. The monoisotopic (exact) mass is 404 g/mol. The highest BCUT2D eigenvalue weighted by atomic mass is 35.5. The molecule has 1 aromatic carbocycles. The molecule has 0 aliphatic carbocycles. The van der Waals surface area contributed by atoms with E-state index in [1.54, 1.807) is 0 Å². The third-order valence-electron chi connectivity index (χ3n) is 4.78. The molecular weight excluding hydrogens is 371 g/mol. The van der Waals surface area contributed by atoms with Crippen LogP contribution in [0.25, 0.3) is 0 Å². The summed E-state index contributed by atoms with van der Waals surface area (Å²) in [6.45, 7) is 10.4. The standard InChI is InChI=1S/C19H32N4O.2ClH/c1-19(2,15-20)16-21(3)18(24)9-10-22-11-13-23(14-12-22)17-7-5-4-6-8-17;;/h4-8H,9-16,20H2,1-3H3;2*1H. The van der Waals surface area contributed by atoms with Gasteiger partial charge in [0.15, 0.2) is 0 Å². The van der Waals surface area contributed by atoms with Crippen molar-refractivity contribution in [1.29, 1.82) is 0 Å². The molecule has 1 aliphatic rings. The van der Waals surface area contributed by atoms with E-state index >= 15 is 0 Å². The molecule has 7 heteroatoms. The maximum atomic E-state index is 12.3. The molecule has 5 nitrogen and oxygen atoms in total. The van der Waals surface area contributed by atoms with E-state index in [1.807, 2.05) is 18.0 Å². The summed E-state index contributed by atoms with van der Waals surface area (Å²) < 4.78 is 0. The number of benzene rings is 1. The lowest BCUT2D eigenvalue weighted by Gasteiger charge is -2.36. The van der Waals surface area contributed by atoms with Crippen LogP contribution < -0.4 is 10.6 Å². The van der Waals surface area contributed by atoms with Crippen molar-refractivity contribution in [3.63, 3.8) is 0 Å². The maximum absolute atomic E-state index is 12.3. The zero-order valence-corrected chi connectivity index (χ0v) is 17.8. The van der Waals surface area contributed by atoms with Crippen LogP contribution >= 0.6 is 24.8 Å². The number of nitrogens with zero attached hydrogens (tertiary/aromatic N) is 3. The Morgan fingerprint density at radius 2 is 1.69 bits per heavy atom. The molecule has 26 heavy (non-hydrogen) atoms. The zero-order chi connectivity index (χ0) is 17.6. The highest BCUT2D eigenvalue weighted by molar-refractivity contribution is 5.85. The van der Waals surface area contributed by atoms with Gasteiger partial charge in [0.05, 0.1) is 0 Å². The van der Waals surface area contributed by atoms with E-state index < -0.39 is 0 Å². The summed E-state index contributed by atoms with van der Waals surface area (Å²) >= 11 is 0. The topological polar surface area (TPSA) is 52.8 Å². The average Bonchev–Trinajstić information content (AvgIpc) is 2.60. The van der Waals surface area contributed by atoms with Gasteiger partial charge in [-0.05, 0) is 24.1 Å². The SMILES string of the molecule is CN(CC(C)(C)CN)C(=O)CCN1CCN(c2ccccc2)CC1.Cl.Cl. The van der Waals surface area contributed by atoms with Crippen LogP contribution in [0, 0.1) is 5.41 Å². The second-order valence-corrected chi connectivity index (χ2v) is 7.53. The number of piperazine rings is 1. The van der Waals surface area contributed by atoms with Crippen molar-refractivity contribution in [2.75, 3.05) is 57.8 Å². The van der Waals surface area contributed by atoms with E-state index in [-0.39, 0.29) is 36.1 Å². The van der Waals surface area contributed by atoms with Crippen LogP contribution in [0.4, 0.5) is 5.69 Å². The normalized spacial score (nSPS) is 15.0. The minimum atomic E-state index is -0.0221. The van der Waals surface area contributed by atoms with Gasteiger partial charge in [-0.25, -0.2) is 0 Å². The van der Waals surface area contributed by atoms with E-state index in [2.05, 4.69) is 47.9 Å². The van der Waals surface area contributed by atoms with E-state index in [1.165, 1.54) is 5.69 Å². The van der Waals surface area contributed by atoms with E-state index in [9.17, 15) is 4.79 Å². The molecule has 0 aromatic heterocycles. The quantitative estimate of drug-likeness (QED) is 0.758. The van der Waals surface area contributed by atoms with Crippen LogP contribution in [0.2, 0.25) is 0 Å². The van der Waals surface area contributed by atoms with Gasteiger partial charge in [-0.2, -0.15) is 0 Å². The molecule has 0 unspecified atom stereocenters. The fourth-order valence-corrected chi connectivity index (χ4v) is 3.11. The molecule has 0 spiro atoms. The number of hydrogen-bond acceptors (Lipinski definition) is 4. The van der Waals surface area contributed by atoms with Gasteiger partial charge in [0.1, 0.15) is 0 Å². The van der Waals surface area contributed by atoms with Crippen LogP contribution in [0.15, 0.2) is 30.3 Å². The Balaban J connectivity index is 0.00000312. The Morgan fingerprint density at radius 3 is 2.23 bits per heavy atom. The molecule has 150 valence electrons. The lowest BCUT2D eigenvalue weighted by molar-refractivity contribution is -0.131. The largest absolute Gasteiger partial charge is 0.369 e. The number of anilines is 1. The van der Waals surface area contributed by atoms with Gasteiger partial charge < -0.3 is 15.5 Å². The van der Waals surface area contributed by atoms with Gasteiger partial charge in [0.25, 0.3) is 0 Å². The molecule has 1 aromatic rings. The van der Waals surface area contributed by atoms with Crippen molar-refractivity contribution in [2.45, 2.75) is 20.3 Å². The third-order valence-corrected chi connectivity index (χ3v) is 4.78. The molecule has 1 saturated heterocycles. The molecule has 1 fully saturated rings. The lowest BCUT2D eigenvalue weighted by Crippen LogP contribution is -2.47. The number of amides is 1. The number of para-hydroxylation sites is 1. The highest BCUT2D eigenvalue weighted by Gasteiger charge is 2.22. The van der Waals surface area contributed by atoms with Crippen LogP contribution in [0.1, 0.15) is 20.3 Å². The van der Waals surface area contributed by atoms with Crippen LogP contribution in [-0.2, 0) is 4.79 Å². The van der Waals surface area contributed by atoms with Gasteiger partial charge in [0, 0.05) is 58.4 Å². The van der Waals surface area contributed by atoms with Gasteiger partial charge in [-0.3, -0.25) is 9.69 Å². The van der Waals surface area contributed by atoms with Gasteiger partial charge in [-0.1, -0.05) is 32.0 Å². The fourth-order valence-electron chi connectivity index (χ4n) is 3.11. The van der Waals surface area contributed by atoms with E-state index in [0.717, 1.165) is 32.7 Å². The average molecular weight is 405 g/mol. The second-order valence-electron chi connectivity index (χ2n) is 7.53. The highest BCUT2D eigenvalue weighted by Crippen LogP contribution is 2.16. The van der Waals surface area contributed by atoms with E-state index in [4.69, 9.17) is 5.73 Å². The Morgan fingerprint density at radius 1 is 1.12 bits per heavy atom. The minimum absolute atomic E-state index is 0. The molecule has 2 N–H and O–H groups in total. The molecule has 0 atom stereocenters. The first kappa shape index (κ1) is 25.0. The van der Waals surface area contributed by atoms with Crippen molar-refractivity contribution in [1.82, 2.24) is 9.80 Å². The Hall–Kier alpha value is -1.01. The third kappa shape index (κ3) is 7.70. The van der Waals surface area contributed by atoms with Gasteiger partial charge in [0.2, 0.25) is 5.91 Å². The molecule has 1 heterocycles. The Kier molecular flexibility index (Phi) is 11.2. The summed E-state index contributed by atoms with van der Waals surface area (Å²) in [7, 11) is 1.88. The number of halogens is 2. The number of hydrogen-bond donors (Lipinski definition) is 1. The van der Waals surface area contributed by atoms with Gasteiger partial charge in [-0.15, -0.1) is 24.8 Å². The van der Waals surface area contributed by atoms with Crippen molar-refractivity contribution in [3.05, 3.63) is 30.3 Å². The summed E-state index contributed by atoms with van der Waals surface area (Å²) in [6, 6.07) is 10.5. The van der Waals surface area contributed by atoms with Crippen molar-refractivity contribution >= 4 is 36.4 Å². The molecule has 2 rings (SSSR count). The molecule has 0 radical (unpaired) electrons. The molecule has 0 bridgehead atoms. The predicted octanol–water partition coefficient (Wildman–Crippen LogP) is 2.49. The lowest BCUT2D eigenvalue weighted by atomic mass is 9.93. The molecule has 0 saturated carbocycles. The fraction of sp³-hybridized carbons (Fsp3) is 0.632. The van der Waals surface area contributed by atoms with Crippen LogP contribution in [0.5, 0.6) is 0 Å². The molecule has 1 amide bonds. The van der Waals surface area contributed by atoms with E-state index in [0.29, 0.717) is 19.5 Å². The summed E-state index contributed by atoms with van der Waals surface area (Å²) in [6.07, 6.45) is 0.586. The molecular formula is C19H34Cl2N4O. The smallest absolute Gasteiger partial charge is 0.223 e. The second kappa shape index (κ2) is 11.7. The number of rotatable bonds is 7. The maximum Gasteiger partial charge on any atom is 0.223 e. The predicted molar refractivity (Wildman–Crippen MR) is 115 cm³/mol. The van der Waals surface area contributed by atoms with Crippen LogP contribution in [-0.4, -0.2) is 68.6 Å². The Bertz CT molecular complexity index is 520. The first-order chi connectivity index (χ1) is 11.4. The van der Waals surface area contributed by atoms with Crippen LogP contribution in [0.3, 0.4) is 0 Å². The first-order valence-corrected chi connectivity index (χ1v) is 8.88. The van der Waals surface area contributed by atoms with Gasteiger partial charge >= 0.3 is 0 Å². The summed E-state index contributed by atoms with van der Waals surface area (Å²) in [5, 5.41) is 0. The number of carbonyl (C=O) groups is 1. The molecule has 1 aliphatic heterocycles. The van der Waals surface area contributed by atoms with Crippen molar-refractivity contribution in [2.24, 2.45) is 11.1 Å². The zero-order valence-electron chi connectivity index (χ0n) is 16.2.